The summed E-state index contributed by atoms with van der Waals surface area (Å²) in [5.41, 5.74) is 3.71. The Bertz CT molecular complexity index is 746. The van der Waals surface area contributed by atoms with Crippen molar-refractivity contribution in [2.45, 2.75) is 39.7 Å². The average molecular weight is 366 g/mol. The van der Waals surface area contributed by atoms with Crippen molar-refractivity contribution in [3.63, 3.8) is 0 Å². The van der Waals surface area contributed by atoms with Crippen molar-refractivity contribution in [1.82, 2.24) is 14.9 Å². The van der Waals surface area contributed by atoms with Gasteiger partial charge in [-0.2, -0.15) is 0 Å². The molecule has 5 nitrogen and oxygen atoms in total. The van der Waals surface area contributed by atoms with Crippen LogP contribution in [0.4, 0.5) is 11.5 Å². The monoisotopic (exact) mass is 365 g/mol. The number of aryl methyl sites for hydroxylation is 2. The van der Waals surface area contributed by atoms with Gasteiger partial charge in [0.25, 0.3) is 0 Å². The van der Waals surface area contributed by atoms with Crippen LogP contribution in [0.2, 0.25) is 0 Å². The Kier molecular flexibility index (Phi) is 5.58. The van der Waals surface area contributed by atoms with Gasteiger partial charge < -0.3 is 10.2 Å². The average Bonchev–Trinajstić information content (AvgIpc) is 3.51. The second-order valence-corrected chi connectivity index (χ2v) is 7.90. The number of rotatable bonds is 7. The van der Waals surface area contributed by atoms with Crippen LogP contribution in [-0.2, 0) is 13.0 Å². The Morgan fingerprint density at radius 3 is 2.44 bits per heavy atom. The third-order valence-corrected chi connectivity index (χ3v) is 5.61. The second kappa shape index (κ2) is 8.26. The minimum absolute atomic E-state index is 0.787. The molecule has 1 aromatic carbocycles. The van der Waals surface area contributed by atoms with E-state index in [9.17, 15) is 0 Å². The van der Waals surface area contributed by atoms with Crippen molar-refractivity contribution >= 4 is 11.5 Å². The number of aromatic nitrogens is 2. The molecule has 0 spiro atoms. The summed E-state index contributed by atoms with van der Waals surface area (Å²) in [6.07, 6.45) is 3.83. The highest BCUT2D eigenvalue weighted by Crippen LogP contribution is 2.30. The molecule has 1 N–H and O–H groups in total. The van der Waals surface area contributed by atoms with Gasteiger partial charge in [0.05, 0.1) is 0 Å². The molecule has 1 aromatic heterocycles. The maximum atomic E-state index is 4.48. The lowest BCUT2D eigenvalue weighted by Crippen LogP contribution is -2.47. The zero-order valence-electron chi connectivity index (χ0n) is 16.6. The maximum Gasteiger partial charge on any atom is 0.130 e. The molecule has 144 valence electrons. The smallest absolute Gasteiger partial charge is 0.130 e. The highest BCUT2D eigenvalue weighted by Gasteiger charge is 2.26. The molecule has 27 heavy (non-hydrogen) atoms. The van der Waals surface area contributed by atoms with E-state index in [4.69, 9.17) is 0 Å². The van der Waals surface area contributed by atoms with E-state index in [1.54, 1.807) is 0 Å². The Labute approximate surface area is 162 Å². The van der Waals surface area contributed by atoms with Crippen LogP contribution in [-0.4, -0.2) is 47.6 Å². The molecule has 2 heterocycles. The van der Waals surface area contributed by atoms with Crippen molar-refractivity contribution in [2.75, 3.05) is 42.9 Å². The molecule has 0 bridgehead atoms. The first-order chi connectivity index (χ1) is 13.2. The predicted molar refractivity (Wildman–Crippen MR) is 111 cm³/mol. The minimum atomic E-state index is 0.787. The molecule has 1 saturated carbocycles. The molecular formula is C22H31N5. The Balaban J connectivity index is 1.29. The van der Waals surface area contributed by atoms with Crippen molar-refractivity contribution < 1.29 is 0 Å². The van der Waals surface area contributed by atoms with Crippen LogP contribution in [0.15, 0.2) is 30.3 Å². The summed E-state index contributed by atoms with van der Waals surface area (Å²) in [6, 6.07) is 11.0. The molecule has 2 aromatic rings. The van der Waals surface area contributed by atoms with Crippen LogP contribution >= 0.6 is 0 Å². The minimum Gasteiger partial charge on any atom is -0.369 e. The van der Waals surface area contributed by atoms with E-state index in [2.05, 4.69) is 56.3 Å². The predicted octanol–water partition coefficient (Wildman–Crippen LogP) is 3.49. The Morgan fingerprint density at radius 2 is 1.78 bits per heavy atom. The van der Waals surface area contributed by atoms with Crippen LogP contribution in [0.3, 0.4) is 0 Å². The van der Waals surface area contributed by atoms with Crippen LogP contribution in [0.25, 0.3) is 0 Å². The molecule has 1 aliphatic carbocycles. The van der Waals surface area contributed by atoms with E-state index >= 15 is 0 Å². The first-order valence-electron chi connectivity index (χ1n) is 10.3. The van der Waals surface area contributed by atoms with Gasteiger partial charge in [-0.25, -0.2) is 9.97 Å². The summed E-state index contributed by atoms with van der Waals surface area (Å²) in [7, 11) is 0. The van der Waals surface area contributed by atoms with Crippen LogP contribution in [0.5, 0.6) is 0 Å². The van der Waals surface area contributed by atoms with Crippen molar-refractivity contribution in [3.05, 3.63) is 47.4 Å². The number of hydrogen-bond donors (Lipinski definition) is 1. The molecule has 0 atom stereocenters. The van der Waals surface area contributed by atoms with Gasteiger partial charge in [-0.3, -0.25) is 4.90 Å². The topological polar surface area (TPSA) is 44.3 Å². The molecule has 0 radical (unpaired) electrons. The normalized spacial score (nSPS) is 17.9. The van der Waals surface area contributed by atoms with E-state index in [1.807, 2.05) is 13.0 Å². The summed E-state index contributed by atoms with van der Waals surface area (Å²) in [6.45, 7) is 10.9. The van der Waals surface area contributed by atoms with Gasteiger partial charge in [0.15, 0.2) is 0 Å². The molecule has 1 saturated heterocycles. The molecule has 4 rings (SSSR count). The fraction of sp³-hybridized carbons (Fsp3) is 0.545. The fourth-order valence-electron chi connectivity index (χ4n) is 3.77. The zero-order valence-corrected chi connectivity index (χ0v) is 16.6. The molecule has 1 aliphatic heterocycles. The summed E-state index contributed by atoms with van der Waals surface area (Å²) in [5.74, 6) is 2.73. The first-order valence-corrected chi connectivity index (χ1v) is 10.3. The molecule has 2 aliphatic rings. The lowest BCUT2D eigenvalue weighted by molar-refractivity contribution is 0.248. The van der Waals surface area contributed by atoms with Gasteiger partial charge in [0, 0.05) is 56.7 Å². The standard InChI is InChI=1S/C22H31N5/c1-3-20-14-22(25-17(2)24-20)23-15-18-6-8-21(9-7-18)27-12-10-26(11-13-27)16-19-4-5-19/h6-9,14,19H,3-5,10-13,15-16H2,1-2H3,(H,23,24,25). The number of piperazine rings is 1. The van der Waals surface area contributed by atoms with Gasteiger partial charge in [-0.1, -0.05) is 19.1 Å². The molecule has 5 heteroatoms. The Hall–Kier alpha value is -2.14. The summed E-state index contributed by atoms with van der Waals surface area (Å²) in [4.78, 5) is 14.1. The molecule has 2 fully saturated rings. The zero-order chi connectivity index (χ0) is 18.6. The number of nitrogens with zero attached hydrogens (tertiary/aromatic N) is 4. The van der Waals surface area contributed by atoms with Gasteiger partial charge >= 0.3 is 0 Å². The van der Waals surface area contributed by atoms with E-state index in [0.717, 1.165) is 49.3 Å². The van der Waals surface area contributed by atoms with E-state index in [0.29, 0.717) is 0 Å². The van der Waals surface area contributed by atoms with Gasteiger partial charge in [-0.15, -0.1) is 0 Å². The van der Waals surface area contributed by atoms with E-state index in [-0.39, 0.29) is 0 Å². The number of hydrogen-bond acceptors (Lipinski definition) is 5. The molecular weight excluding hydrogens is 334 g/mol. The van der Waals surface area contributed by atoms with Crippen LogP contribution in [0, 0.1) is 12.8 Å². The number of benzene rings is 1. The molecule has 0 unspecified atom stereocenters. The van der Waals surface area contributed by atoms with Gasteiger partial charge in [-0.05, 0) is 49.8 Å². The first kappa shape index (κ1) is 18.2. The van der Waals surface area contributed by atoms with Crippen molar-refractivity contribution in [3.8, 4) is 0 Å². The number of nitrogens with one attached hydrogen (secondary N) is 1. The van der Waals surface area contributed by atoms with Crippen molar-refractivity contribution in [2.24, 2.45) is 5.92 Å². The lowest BCUT2D eigenvalue weighted by Gasteiger charge is -2.36. The van der Waals surface area contributed by atoms with E-state index in [1.165, 1.54) is 43.7 Å². The third-order valence-electron chi connectivity index (χ3n) is 5.61. The highest BCUT2D eigenvalue weighted by molar-refractivity contribution is 5.48. The van der Waals surface area contributed by atoms with Crippen LogP contribution in [0.1, 0.15) is 36.8 Å². The second-order valence-electron chi connectivity index (χ2n) is 7.90. The number of anilines is 2. The SMILES string of the molecule is CCc1cc(NCc2ccc(N3CCN(CC4CC4)CC3)cc2)nc(C)n1. The lowest BCUT2D eigenvalue weighted by atomic mass is 10.1. The molecule has 0 amide bonds. The largest absolute Gasteiger partial charge is 0.369 e. The fourth-order valence-corrected chi connectivity index (χ4v) is 3.77. The van der Waals surface area contributed by atoms with Gasteiger partial charge in [0.1, 0.15) is 11.6 Å². The highest BCUT2D eigenvalue weighted by atomic mass is 15.3. The Morgan fingerprint density at radius 1 is 1.04 bits per heavy atom. The van der Waals surface area contributed by atoms with Gasteiger partial charge in [0.2, 0.25) is 0 Å². The summed E-state index contributed by atoms with van der Waals surface area (Å²) >= 11 is 0. The summed E-state index contributed by atoms with van der Waals surface area (Å²) < 4.78 is 0. The van der Waals surface area contributed by atoms with Crippen molar-refractivity contribution in [1.29, 1.82) is 0 Å². The third kappa shape index (κ3) is 4.98. The maximum absolute atomic E-state index is 4.48. The van der Waals surface area contributed by atoms with E-state index < -0.39 is 0 Å². The summed E-state index contributed by atoms with van der Waals surface area (Å²) in [5, 5.41) is 3.43. The van der Waals surface area contributed by atoms with Crippen LogP contribution < -0.4 is 10.2 Å². The quantitative estimate of drug-likeness (QED) is 0.814.